The molecule has 3 aromatic rings. The van der Waals surface area contributed by atoms with E-state index in [1.807, 2.05) is 55.5 Å². The molecular weight excluding hydrogens is 282 g/mol. The molecule has 3 rings (SSSR count). The first kappa shape index (κ1) is 13.7. The van der Waals surface area contributed by atoms with E-state index >= 15 is 0 Å². The predicted molar refractivity (Wildman–Crippen MR) is 84.9 cm³/mol. The summed E-state index contributed by atoms with van der Waals surface area (Å²) >= 11 is 1.60. The quantitative estimate of drug-likeness (QED) is 0.584. The summed E-state index contributed by atoms with van der Waals surface area (Å²) in [6, 6.07) is 15.8. The van der Waals surface area contributed by atoms with Crippen molar-refractivity contribution in [2.75, 3.05) is 5.73 Å². The van der Waals surface area contributed by atoms with Crippen LogP contribution in [0.1, 0.15) is 11.5 Å². The third kappa shape index (κ3) is 3.08. The maximum Gasteiger partial charge on any atom is 0.237 e. The van der Waals surface area contributed by atoms with Gasteiger partial charge in [-0.3, -0.25) is 0 Å². The zero-order chi connectivity index (χ0) is 14.7. The zero-order valence-electron chi connectivity index (χ0n) is 11.6. The van der Waals surface area contributed by atoms with E-state index in [9.17, 15) is 0 Å². The number of rotatable bonds is 4. The number of para-hydroxylation sites is 1. The molecule has 0 aliphatic rings. The molecule has 0 aliphatic carbocycles. The summed E-state index contributed by atoms with van der Waals surface area (Å²) in [6.45, 7) is 2.00. The second-order valence-electron chi connectivity index (χ2n) is 4.65. The number of anilines is 1. The Morgan fingerprint density at radius 2 is 1.90 bits per heavy atom. The van der Waals surface area contributed by atoms with Gasteiger partial charge in [0.15, 0.2) is 0 Å². The van der Waals surface area contributed by atoms with E-state index in [0.717, 1.165) is 21.7 Å². The van der Waals surface area contributed by atoms with E-state index in [4.69, 9.17) is 10.3 Å². The van der Waals surface area contributed by atoms with E-state index in [2.05, 4.69) is 10.1 Å². The van der Waals surface area contributed by atoms with Gasteiger partial charge in [-0.05, 0) is 18.6 Å². The van der Waals surface area contributed by atoms with Crippen LogP contribution < -0.4 is 5.73 Å². The number of benzene rings is 2. The summed E-state index contributed by atoms with van der Waals surface area (Å²) in [6.07, 6.45) is 0. The number of nitrogens with two attached hydrogens (primary N) is 1. The van der Waals surface area contributed by atoms with Gasteiger partial charge in [0.05, 0.1) is 5.75 Å². The van der Waals surface area contributed by atoms with Gasteiger partial charge in [0.2, 0.25) is 11.7 Å². The molecule has 0 spiro atoms. The topological polar surface area (TPSA) is 64.9 Å². The lowest BCUT2D eigenvalue weighted by Gasteiger charge is -2.05. The predicted octanol–water partition coefficient (Wildman–Crippen LogP) is 3.92. The van der Waals surface area contributed by atoms with Gasteiger partial charge in [-0.2, -0.15) is 4.98 Å². The summed E-state index contributed by atoms with van der Waals surface area (Å²) in [5, 5.41) is 4.01. The van der Waals surface area contributed by atoms with Gasteiger partial charge >= 0.3 is 0 Å². The van der Waals surface area contributed by atoms with Crippen LogP contribution in [0, 0.1) is 6.92 Å². The van der Waals surface area contributed by atoms with Crippen molar-refractivity contribution in [1.82, 2.24) is 10.1 Å². The Labute approximate surface area is 127 Å². The normalized spacial score (nSPS) is 10.7. The molecule has 1 heterocycles. The molecule has 0 atom stereocenters. The van der Waals surface area contributed by atoms with E-state index in [0.29, 0.717) is 17.5 Å². The number of thioether (sulfide) groups is 1. The Hall–Kier alpha value is -2.27. The van der Waals surface area contributed by atoms with Crippen LogP contribution in [0.3, 0.4) is 0 Å². The molecule has 2 N–H and O–H groups in total. The molecule has 0 bridgehead atoms. The highest BCUT2D eigenvalue weighted by Gasteiger charge is 2.10. The highest BCUT2D eigenvalue weighted by Crippen LogP contribution is 2.30. The van der Waals surface area contributed by atoms with Crippen molar-refractivity contribution in [3.63, 3.8) is 0 Å². The molecule has 4 nitrogen and oxygen atoms in total. The van der Waals surface area contributed by atoms with Gasteiger partial charge < -0.3 is 10.3 Å². The smallest absolute Gasteiger partial charge is 0.237 e. The van der Waals surface area contributed by atoms with Crippen LogP contribution in [0.2, 0.25) is 0 Å². The van der Waals surface area contributed by atoms with Crippen molar-refractivity contribution < 1.29 is 4.52 Å². The SMILES string of the molecule is Cc1cccc(SCc2nc(-c3ccccc3)no2)c1N. The summed E-state index contributed by atoms with van der Waals surface area (Å²) < 4.78 is 5.29. The Bertz CT molecular complexity index is 740. The third-order valence-electron chi connectivity index (χ3n) is 3.14. The van der Waals surface area contributed by atoms with Gasteiger partial charge in [-0.1, -0.05) is 47.6 Å². The molecule has 0 fully saturated rings. The molecular formula is C16H15N3OS. The van der Waals surface area contributed by atoms with Gasteiger partial charge in [-0.15, -0.1) is 11.8 Å². The summed E-state index contributed by atoms with van der Waals surface area (Å²) in [7, 11) is 0. The number of nitrogen functional groups attached to an aromatic ring is 1. The minimum absolute atomic E-state index is 0.597. The van der Waals surface area contributed by atoms with E-state index in [-0.39, 0.29) is 0 Å². The first-order valence-corrected chi connectivity index (χ1v) is 7.58. The first-order valence-electron chi connectivity index (χ1n) is 6.60. The molecule has 5 heteroatoms. The lowest BCUT2D eigenvalue weighted by atomic mass is 10.2. The van der Waals surface area contributed by atoms with Crippen LogP contribution in [0.15, 0.2) is 57.9 Å². The average molecular weight is 297 g/mol. The highest BCUT2D eigenvalue weighted by molar-refractivity contribution is 7.98. The van der Waals surface area contributed by atoms with Crippen LogP contribution in [0.5, 0.6) is 0 Å². The fourth-order valence-corrected chi connectivity index (χ4v) is 2.82. The molecule has 106 valence electrons. The highest BCUT2D eigenvalue weighted by atomic mass is 32.2. The minimum atomic E-state index is 0.597. The van der Waals surface area contributed by atoms with Gasteiger partial charge in [0.1, 0.15) is 0 Å². The van der Waals surface area contributed by atoms with Crippen LogP contribution in [-0.2, 0) is 5.75 Å². The largest absolute Gasteiger partial charge is 0.398 e. The molecule has 0 amide bonds. The Kier molecular flexibility index (Phi) is 3.92. The summed E-state index contributed by atoms with van der Waals surface area (Å²) in [5.74, 6) is 1.82. The number of aromatic nitrogens is 2. The van der Waals surface area contributed by atoms with Crippen molar-refractivity contribution in [3.05, 3.63) is 60.0 Å². The van der Waals surface area contributed by atoms with Crippen LogP contribution in [0.4, 0.5) is 5.69 Å². The van der Waals surface area contributed by atoms with Crippen LogP contribution in [-0.4, -0.2) is 10.1 Å². The van der Waals surface area contributed by atoms with E-state index in [1.165, 1.54) is 0 Å². The number of aryl methyl sites for hydroxylation is 1. The standard InChI is InChI=1S/C16H15N3OS/c1-11-6-5-9-13(15(11)17)21-10-14-18-16(19-20-14)12-7-3-2-4-8-12/h2-9H,10,17H2,1H3. The molecule has 21 heavy (non-hydrogen) atoms. The Morgan fingerprint density at radius 3 is 2.71 bits per heavy atom. The van der Waals surface area contributed by atoms with Gasteiger partial charge in [0.25, 0.3) is 0 Å². The molecule has 2 aromatic carbocycles. The van der Waals surface area contributed by atoms with Crippen molar-refractivity contribution in [2.45, 2.75) is 17.6 Å². The molecule has 0 unspecified atom stereocenters. The number of hydrogen-bond donors (Lipinski definition) is 1. The lowest BCUT2D eigenvalue weighted by Crippen LogP contribution is -1.92. The number of nitrogens with zero attached hydrogens (tertiary/aromatic N) is 2. The molecule has 0 radical (unpaired) electrons. The maximum atomic E-state index is 6.06. The average Bonchev–Trinajstić information content (AvgIpc) is 2.99. The van der Waals surface area contributed by atoms with Gasteiger partial charge in [0, 0.05) is 16.1 Å². The number of hydrogen-bond acceptors (Lipinski definition) is 5. The Balaban J connectivity index is 1.72. The van der Waals surface area contributed by atoms with Crippen molar-refractivity contribution >= 4 is 17.4 Å². The van der Waals surface area contributed by atoms with Crippen molar-refractivity contribution in [2.24, 2.45) is 0 Å². The maximum absolute atomic E-state index is 6.06. The Morgan fingerprint density at radius 1 is 1.10 bits per heavy atom. The third-order valence-corrected chi connectivity index (χ3v) is 4.19. The molecule has 0 saturated heterocycles. The lowest BCUT2D eigenvalue weighted by molar-refractivity contribution is 0.391. The summed E-state index contributed by atoms with van der Waals surface area (Å²) in [5.41, 5.74) is 8.90. The molecule has 0 saturated carbocycles. The summed E-state index contributed by atoms with van der Waals surface area (Å²) in [4.78, 5) is 5.44. The van der Waals surface area contributed by atoms with Gasteiger partial charge in [-0.25, -0.2) is 0 Å². The van der Waals surface area contributed by atoms with Crippen molar-refractivity contribution in [3.8, 4) is 11.4 Å². The van der Waals surface area contributed by atoms with Crippen molar-refractivity contribution in [1.29, 1.82) is 0 Å². The zero-order valence-corrected chi connectivity index (χ0v) is 12.4. The second kappa shape index (κ2) is 6.01. The van der Waals surface area contributed by atoms with E-state index in [1.54, 1.807) is 11.8 Å². The monoisotopic (exact) mass is 297 g/mol. The minimum Gasteiger partial charge on any atom is -0.398 e. The fourth-order valence-electron chi connectivity index (χ4n) is 1.94. The van der Waals surface area contributed by atoms with Crippen LogP contribution in [0.25, 0.3) is 11.4 Å². The molecule has 0 aliphatic heterocycles. The molecule has 1 aromatic heterocycles. The first-order chi connectivity index (χ1) is 10.2. The van der Waals surface area contributed by atoms with Crippen LogP contribution >= 0.6 is 11.8 Å². The fraction of sp³-hybridized carbons (Fsp3) is 0.125. The van der Waals surface area contributed by atoms with E-state index < -0.39 is 0 Å². The second-order valence-corrected chi connectivity index (χ2v) is 5.67.